The minimum atomic E-state index is -0.446. The maximum Gasteiger partial charge on any atom is 0.0897 e. The van der Waals surface area contributed by atoms with Gasteiger partial charge in [0.2, 0.25) is 0 Å². The highest BCUT2D eigenvalue weighted by atomic mass is 16.5. The molecule has 3 heteroatoms. The molecule has 0 aliphatic rings. The lowest BCUT2D eigenvalue weighted by molar-refractivity contribution is 0.0275. The van der Waals surface area contributed by atoms with Gasteiger partial charge in [0.05, 0.1) is 19.3 Å². The molecule has 2 N–H and O–H groups in total. The fourth-order valence-electron chi connectivity index (χ4n) is 2.14. The average molecular weight is 279 g/mol. The highest BCUT2D eigenvalue weighted by Crippen LogP contribution is 2.09. The van der Waals surface area contributed by atoms with Crippen LogP contribution in [0.3, 0.4) is 0 Å². The van der Waals surface area contributed by atoms with Crippen molar-refractivity contribution in [2.45, 2.75) is 52.4 Å². The molecule has 0 bridgehead atoms. The molecule has 1 rings (SSSR count). The summed E-state index contributed by atoms with van der Waals surface area (Å²) in [6.07, 6.45) is 1.90. The van der Waals surface area contributed by atoms with Gasteiger partial charge in [-0.25, -0.2) is 0 Å². The summed E-state index contributed by atoms with van der Waals surface area (Å²) < 4.78 is 5.53. The second-order valence-electron chi connectivity index (χ2n) is 5.71. The third-order valence-corrected chi connectivity index (χ3v) is 3.58. The Morgan fingerprint density at radius 2 is 1.90 bits per heavy atom. The Labute approximate surface area is 123 Å². The molecule has 0 radical (unpaired) electrons. The van der Waals surface area contributed by atoms with Crippen LogP contribution in [0.2, 0.25) is 0 Å². The SMILES string of the molecule is CCC(C)CC(C)NCC(O)COCc1ccccc1. The second-order valence-corrected chi connectivity index (χ2v) is 5.71. The van der Waals surface area contributed by atoms with Crippen LogP contribution in [0.5, 0.6) is 0 Å². The van der Waals surface area contributed by atoms with E-state index in [-0.39, 0.29) is 0 Å². The topological polar surface area (TPSA) is 41.5 Å². The van der Waals surface area contributed by atoms with E-state index < -0.39 is 6.10 Å². The molecule has 3 nitrogen and oxygen atoms in total. The van der Waals surface area contributed by atoms with E-state index in [9.17, 15) is 5.11 Å². The van der Waals surface area contributed by atoms with Crippen LogP contribution in [0.1, 0.15) is 39.2 Å². The first kappa shape index (κ1) is 17.2. The molecule has 0 amide bonds. The Balaban J connectivity index is 2.09. The fraction of sp³-hybridized carbons (Fsp3) is 0.647. The first-order chi connectivity index (χ1) is 9.61. The van der Waals surface area contributed by atoms with Gasteiger partial charge in [-0.05, 0) is 24.8 Å². The molecule has 3 unspecified atom stereocenters. The highest BCUT2D eigenvalue weighted by molar-refractivity contribution is 5.13. The van der Waals surface area contributed by atoms with Crippen molar-refractivity contribution in [3.8, 4) is 0 Å². The van der Waals surface area contributed by atoms with Crippen LogP contribution < -0.4 is 5.32 Å². The average Bonchev–Trinajstić information content (AvgIpc) is 2.46. The van der Waals surface area contributed by atoms with Gasteiger partial charge in [-0.3, -0.25) is 0 Å². The number of aliphatic hydroxyl groups is 1. The molecule has 20 heavy (non-hydrogen) atoms. The molecular weight excluding hydrogens is 250 g/mol. The summed E-state index contributed by atoms with van der Waals surface area (Å²) in [5, 5.41) is 13.2. The number of ether oxygens (including phenoxy) is 1. The van der Waals surface area contributed by atoms with Gasteiger partial charge in [0.25, 0.3) is 0 Å². The van der Waals surface area contributed by atoms with Crippen molar-refractivity contribution in [3.63, 3.8) is 0 Å². The van der Waals surface area contributed by atoms with Crippen molar-refractivity contribution in [2.75, 3.05) is 13.2 Å². The lowest BCUT2D eigenvalue weighted by Gasteiger charge is -2.19. The quantitative estimate of drug-likeness (QED) is 0.692. The van der Waals surface area contributed by atoms with Gasteiger partial charge in [0, 0.05) is 12.6 Å². The van der Waals surface area contributed by atoms with Crippen molar-refractivity contribution < 1.29 is 9.84 Å². The molecule has 0 spiro atoms. The summed E-state index contributed by atoms with van der Waals surface area (Å²) >= 11 is 0. The Morgan fingerprint density at radius 1 is 1.20 bits per heavy atom. The molecule has 1 aromatic rings. The summed E-state index contributed by atoms with van der Waals surface area (Å²) in [7, 11) is 0. The molecule has 1 aromatic carbocycles. The van der Waals surface area contributed by atoms with Gasteiger partial charge in [0.1, 0.15) is 0 Å². The molecule has 0 saturated carbocycles. The number of hydrogen-bond acceptors (Lipinski definition) is 3. The smallest absolute Gasteiger partial charge is 0.0897 e. The van der Waals surface area contributed by atoms with Crippen molar-refractivity contribution in [1.29, 1.82) is 0 Å². The lowest BCUT2D eigenvalue weighted by Crippen LogP contribution is -2.36. The third kappa shape index (κ3) is 7.63. The minimum absolute atomic E-state index is 0.373. The summed E-state index contributed by atoms with van der Waals surface area (Å²) in [6.45, 7) is 8.16. The molecular formula is C17H29NO2. The molecule has 0 heterocycles. The standard InChI is InChI=1S/C17H29NO2/c1-4-14(2)10-15(3)18-11-17(19)13-20-12-16-8-6-5-7-9-16/h5-9,14-15,17-19H,4,10-13H2,1-3H3. The van der Waals surface area contributed by atoms with Crippen LogP contribution in [0, 0.1) is 5.92 Å². The van der Waals surface area contributed by atoms with E-state index in [4.69, 9.17) is 4.74 Å². The van der Waals surface area contributed by atoms with E-state index in [1.165, 1.54) is 6.42 Å². The van der Waals surface area contributed by atoms with Crippen molar-refractivity contribution in [3.05, 3.63) is 35.9 Å². The Hall–Kier alpha value is -0.900. The number of nitrogens with one attached hydrogen (secondary N) is 1. The molecule has 0 aliphatic heterocycles. The Morgan fingerprint density at radius 3 is 2.55 bits per heavy atom. The summed E-state index contributed by atoms with van der Waals surface area (Å²) in [4.78, 5) is 0. The molecule has 0 fully saturated rings. The van der Waals surface area contributed by atoms with Gasteiger partial charge in [-0.2, -0.15) is 0 Å². The predicted octanol–water partition coefficient (Wildman–Crippen LogP) is 2.98. The van der Waals surface area contributed by atoms with Crippen LogP contribution in [0.15, 0.2) is 30.3 Å². The maximum absolute atomic E-state index is 9.88. The zero-order chi connectivity index (χ0) is 14.8. The third-order valence-electron chi connectivity index (χ3n) is 3.58. The molecule has 114 valence electrons. The fourth-order valence-corrected chi connectivity index (χ4v) is 2.14. The largest absolute Gasteiger partial charge is 0.389 e. The van der Waals surface area contributed by atoms with E-state index in [2.05, 4.69) is 26.1 Å². The van der Waals surface area contributed by atoms with E-state index in [1.54, 1.807) is 0 Å². The van der Waals surface area contributed by atoms with E-state index in [0.717, 1.165) is 17.9 Å². The summed E-state index contributed by atoms with van der Waals surface area (Å²) in [5.41, 5.74) is 1.14. The van der Waals surface area contributed by atoms with Crippen molar-refractivity contribution in [1.82, 2.24) is 5.32 Å². The molecule has 0 aromatic heterocycles. The van der Waals surface area contributed by atoms with Gasteiger partial charge in [-0.1, -0.05) is 50.6 Å². The maximum atomic E-state index is 9.88. The number of rotatable bonds is 10. The number of benzene rings is 1. The minimum Gasteiger partial charge on any atom is -0.389 e. The second kappa shape index (κ2) is 9.92. The van der Waals surface area contributed by atoms with Crippen LogP contribution in [0.25, 0.3) is 0 Å². The van der Waals surface area contributed by atoms with Crippen LogP contribution >= 0.6 is 0 Å². The first-order valence-electron chi connectivity index (χ1n) is 7.65. The summed E-state index contributed by atoms with van der Waals surface area (Å²) in [5.74, 6) is 0.726. The Kier molecular flexibility index (Phi) is 8.51. The molecule has 0 aliphatic carbocycles. The van der Waals surface area contributed by atoms with Gasteiger partial charge in [-0.15, -0.1) is 0 Å². The number of hydrogen-bond donors (Lipinski definition) is 2. The van der Waals surface area contributed by atoms with E-state index in [1.807, 2.05) is 30.3 Å². The van der Waals surface area contributed by atoms with Gasteiger partial charge < -0.3 is 15.2 Å². The monoisotopic (exact) mass is 279 g/mol. The predicted molar refractivity (Wildman–Crippen MR) is 83.6 cm³/mol. The van der Waals surface area contributed by atoms with Crippen LogP contribution in [-0.4, -0.2) is 30.4 Å². The van der Waals surface area contributed by atoms with E-state index >= 15 is 0 Å². The zero-order valence-corrected chi connectivity index (χ0v) is 13.0. The lowest BCUT2D eigenvalue weighted by atomic mass is 10.0. The van der Waals surface area contributed by atoms with E-state index in [0.29, 0.717) is 25.8 Å². The first-order valence-corrected chi connectivity index (χ1v) is 7.65. The molecule has 0 saturated heterocycles. The summed E-state index contributed by atoms with van der Waals surface area (Å²) in [6, 6.07) is 10.5. The van der Waals surface area contributed by atoms with Gasteiger partial charge in [0.15, 0.2) is 0 Å². The van der Waals surface area contributed by atoms with Crippen LogP contribution in [-0.2, 0) is 11.3 Å². The highest BCUT2D eigenvalue weighted by Gasteiger charge is 2.09. The van der Waals surface area contributed by atoms with Crippen molar-refractivity contribution >= 4 is 0 Å². The zero-order valence-electron chi connectivity index (χ0n) is 13.0. The van der Waals surface area contributed by atoms with Gasteiger partial charge >= 0.3 is 0 Å². The van der Waals surface area contributed by atoms with Crippen LogP contribution in [0.4, 0.5) is 0 Å². The molecule has 3 atom stereocenters. The van der Waals surface area contributed by atoms with Crippen molar-refractivity contribution in [2.24, 2.45) is 5.92 Å². The normalized spacial score (nSPS) is 15.8. The number of aliphatic hydroxyl groups excluding tert-OH is 1. The Bertz CT molecular complexity index is 342.